The molecule has 0 amide bonds. The number of aryl methyl sites for hydroxylation is 1. The van der Waals surface area contributed by atoms with E-state index in [4.69, 9.17) is 28.2 Å². The minimum Gasteiger partial charge on any atom is -0.305 e. The van der Waals surface area contributed by atoms with Gasteiger partial charge in [-0.1, -0.05) is 341 Å². The fourth-order valence-corrected chi connectivity index (χ4v) is 23.3. The Labute approximate surface area is 799 Å². The van der Waals surface area contributed by atoms with Gasteiger partial charge in [0.25, 0.3) is 0 Å². The van der Waals surface area contributed by atoms with Gasteiger partial charge in [0.2, 0.25) is 0 Å². The van der Waals surface area contributed by atoms with Gasteiger partial charge in [-0.05, 0) is 109 Å². The van der Waals surface area contributed by atoms with Crippen LogP contribution in [0.3, 0.4) is 0 Å². The zero-order chi connectivity index (χ0) is 87.0. The maximum atomic E-state index is 7.79. The average molecular weight is 2560 g/mol. The van der Waals surface area contributed by atoms with Gasteiger partial charge in [-0.2, -0.15) is 0 Å². The number of fused-ring (bicyclic) bond motifs is 4. The molecule has 15 aromatic rings. The van der Waals surface area contributed by atoms with Crippen LogP contribution >= 0.6 is 0 Å². The van der Waals surface area contributed by atoms with Gasteiger partial charge < -0.3 is 24.9 Å². The first-order chi connectivity index (χ1) is 57.3. The summed E-state index contributed by atoms with van der Waals surface area (Å²) in [5.41, 5.74) is 17.5. The smallest absolute Gasteiger partial charge is 0.0803 e. The summed E-state index contributed by atoms with van der Waals surface area (Å²) < 4.78 is 46.8. The van der Waals surface area contributed by atoms with Crippen molar-refractivity contribution in [3.05, 3.63) is 314 Å². The van der Waals surface area contributed by atoms with Crippen LogP contribution in [0, 0.1) is 43.2 Å². The van der Waals surface area contributed by atoms with Crippen LogP contribution in [0.25, 0.3) is 111 Å². The molecular weight excluding hydrogens is 2430 g/mol. The third-order valence-corrected chi connectivity index (χ3v) is 31.3. The van der Waals surface area contributed by atoms with Crippen molar-refractivity contribution < 1.29 is 109 Å². The SMILES string of the molecule is CC(C)Cc1cc(-c2[c-]ccc3ccccc23)ncc1[Si](C)(C)C.CC(C)c1nc(-c2[c-]ccc3ccccc23)ccc1[Si](C)(C)C.C[Si](C)(C)c1cnc(-c2[c-]ccc3ccccc23)cc1-c1ccccc1.C[Si](C)(C)c1cnc(-c2[c-]ccc3ccccc23)cc1C1CCCC1.[2H]C([2H])([2H])[Si](C)(c1cnc(-c2[c-]cccc2)cc1C)C([2H])([2H])[2H].[Ir].[Ir].[Ir].[Ir].[Ir]. The summed E-state index contributed by atoms with van der Waals surface area (Å²) in [6.45, 7) is 35.9. The molecular formula is C105H116Ir5N5Si5-5. The Hall–Kier alpha value is -6.68. The fraction of sp³-hybridized carbons (Fsp3) is 0.267. The van der Waals surface area contributed by atoms with Crippen molar-refractivity contribution in [1.82, 2.24) is 24.9 Å². The average Bonchev–Trinajstić information content (AvgIpc) is 0.879. The summed E-state index contributed by atoms with van der Waals surface area (Å²) in [6.07, 6.45) is 14.4. The van der Waals surface area contributed by atoms with E-state index in [0.717, 1.165) is 62.9 Å². The molecule has 1 aliphatic rings. The first-order valence-electron chi connectivity index (χ1n) is 43.9. The van der Waals surface area contributed by atoms with Crippen molar-refractivity contribution in [2.75, 3.05) is 0 Å². The quantitative estimate of drug-likeness (QED) is 0.0756. The Morgan fingerprint density at radius 1 is 0.367 bits per heavy atom. The van der Waals surface area contributed by atoms with Crippen molar-refractivity contribution in [3.63, 3.8) is 0 Å². The van der Waals surface area contributed by atoms with Gasteiger partial charge in [-0.25, -0.2) is 0 Å². The summed E-state index contributed by atoms with van der Waals surface area (Å²) in [5.74, 6) is 1.80. The molecule has 0 unspecified atom stereocenters. The first kappa shape index (κ1) is 91.0. The molecule has 1 aliphatic carbocycles. The molecule has 5 heterocycles. The van der Waals surface area contributed by atoms with Crippen molar-refractivity contribution in [2.24, 2.45) is 5.92 Å². The van der Waals surface area contributed by atoms with E-state index in [2.05, 4.69) is 342 Å². The van der Waals surface area contributed by atoms with Gasteiger partial charge >= 0.3 is 0 Å². The molecule has 1 fully saturated rings. The maximum Gasteiger partial charge on any atom is 0.0803 e. The Morgan fingerprint density at radius 2 is 0.767 bits per heavy atom. The number of nitrogens with zero attached hydrogens (tertiary/aromatic N) is 5. The van der Waals surface area contributed by atoms with E-state index in [-0.39, 0.29) is 101 Å². The topological polar surface area (TPSA) is 64.5 Å². The Morgan fingerprint density at radius 3 is 1.19 bits per heavy atom. The molecule has 5 aromatic heterocycles. The molecule has 0 bridgehead atoms. The van der Waals surface area contributed by atoms with E-state index >= 15 is 0 Å². The number of rotatable bonds is 15. The second kappa shape index (κ2) is 44.3. The minimum absolute atomic E-state index is 0. The molecule has 0 atom stereocenters. The molecule has 0 N–H and O–H groups in total. The van der Waals surface area contributed by atoms with Crippen LogP contribution in [0.2, 0.25) is 98.1 Å². The molecule has 120 heavy (non-hydrogen) atoms. The van der Waals surface area contributed by atoms with E-state index in [1.807, 2.05) is 42.5 Å². The van der Waals surface area contributed by atoms with Crippen LogP contribution in [-0.2, 0) is 107 Å². The third kappa shape index (κ3) is 25.3. The molecule has 5 nitrogen and oxygen atoms in total. The van der Waals surface area contributed by atoms with Crippen LogP contribution in [0.1, 0.15) is 95.8 Å². The monoisotopic (exact) mass is 2560 g/mol. The predicted octanol–water partition coefficient (Wildman–Crippen LogP) is 26.0. The molecule has 16 rings (SSSR count). The van der Waals surface area contributed by atoms with Gasteiger partial charge in [0.05, 0.1) is 40.4 Å². The van der Waals surface area contributed by atoms with Crippen molar-refractivity contribution in [2.45, 2.75) is 177 Å². The van der Waals surface area contributed by atoms with Gasteiger partial charge in [-0.3, -0.25) is 0 Å². The molecule has 15 heteroatoms. The number of benzene rings is 10. The van der Waals surface area contributed by atoms with Gasteiger partial charge in [0.1, 0.15) is 0 Å². The number of hydrogen-bond acceptors (Lipinski definition) is 5. The predicted molar refractivity (Wildman–Crippen MR) is 511 cm³/mol. The second-order valence-corrected chi connectivity index (χ2v) is 58.7. The van der Waals surface area contributed by atoms with Gasteiger partial charge in [0.15, 0.2) is 0 Å². The van der Waals surface area contributed by atoms with E-state index in [9.17, 15) is 0 Å². The standard InChI is InChI=1S/C24H22NSi.C23H26NSi.C22H26NSi.C21H24NSi.C15H18NSi.5Ir/c1-26(2,3)24-17-25-23(16-22(24)19-10-5-4-6-11-19)21-15-9-13-18-12-7-8-14-20(18)21;1-25(2,3)23-16-24-22(15-21(23)18-10-4-5-11-18)20-14-8-12-17-9-6-7-13-19(17)20;1-16(2)13-18-14-21(23-15-22(18)24(3,4)5)20-12-8-10-17-9-6-7-11-19(17)20;1-15(2)21-20(23(3,4)5)14-13-19(22-21)18-12-8-10-16-9-6-7-11-17(16)18;1-12-10-14(13-8-6-5-7-9-13)16-11-15(12)17(2,3)4;;;;;/h4-14,16-17H,1-3H3;6-9,12-13,15-16,18H,4-5,10-11H2,1-3H3;6-11,14-16H,13H2,1-5H3;6-11,13-15H,1-5H3;5-8,10-11H,1-4H3;;;;;/q5*-1;;;;;/i;;;;2D3,3D3;;;;;. The zero-order valence-electron chi connectivity index (χ0n) is 78.5. The summed E-state index contributed by atoms with van der Waals surface area (Å²) in [4.78, 5) is 24.0. The molecule has 10 aromatic carbocycles. The molecule has 1 saturated carbocycles. The first-order valence-corrected chi connectivity index (χ1v) is 57.4. The van der Waals surface area contributed by atoms with Crippen LogP contribution in [0.15, 0.2) is 261 Å². The van der Waals surface area contributed by atoms with E-state index in [1.54, 1.807) is 29.8 Å². The molecule has 0 saturated heterocycles. The van der Waals surface area contributed by atoms with Crippen molar-refractivity contribution >= 4 is 109 Å². The van der Waals surface area contributed by atoms with Crippen molar-refractivity contribution in [1.29, 1.82) is 0 Å². The second-order valence-electron chi connectivity index (χ2n) is 35.8. The van der Waals surface area contributed by atoms with Crippen LogP contribution in [0.4, 0.5) is 0 Å². The summed E-state index contributed by atoms with van der Waals surface area (Å²) in [6, 6.07) is 98.3. The third-order valence-electron chi connectivity index (χ3n) is 21.6. The normalized spacial score (nSPS) is 13.1. The van der Waals surface area contributed by atoms with E-state index < -0.39 is 53.3 Å². The van der Waals surface area contributed by atoms with E-state index in [0.29, 0.717) is 28.3 Å². The Kier molecular flexibility index (Phi) is 33.6. The van der Waals surface area contributed by atoms with Crippen LogP contribution in [-0.4, -0.2) is 65.3 Å². The number of aromatic nitrogens is 5. The minimum atomic E-state index is -3.77. The fourth-order valence-electron chi connectivity index (χ4n) is 15.7. The summed E-state index contributed by atoms with van der Waals surface area (Å²) in [5, 5.41) is 16.1. The number of pyridine rings is 5. The zero-order valence-corrected chi connectivity index (χ0v) is 89.5. The van der Waals surface area contributed by atoms with Crippen LogP contribution in [0.5, 0.6) is 0 Å². The molecule has 5 radical (unpaired) electrons. The summed E-state index contributed by atoms with van der Waals surface area (Å²) in [7, 11) is -9.46. The van der Waals surface area contributed by atoms with Crippen LogP contribution < -0.4 is 25.9 Å². The molecule has 631 valence electrons. The van der Waals surface area contributed by atoms with E-state index in [1.165, 1.54) is 119 Å². The largest absolute Gasteiger partial charge is 0.305 e. The molecule has 0 spiro atoms. The maximum absolute atomic E-state index is 7.79. The molecule has 0 aliphatic heterocycles. The Bertz CT molecular complexity index is 6090. The van der Waals surface area contributed by atoms with Gasteiger partial charge in [-0.15, -0.1) is 152 Å². The Balaban J connectivity index is 0.000000214. The van der Waals surface area contributed by atoms with Gasteiger partial charge in [0, 0.05) is 139 Å². The summed E-state index contributed by atoms with van der Waals surface area (Å²) >= 11 is 0. The number of hydrogen-bond donors (Lipinski definition) is 0. The van der Waals surface area contributed by atoms with Crippen molar-refractivity contribution in [3.8, 4) is 67.4 Å².